The minimum atomic E-state index is 0.265. The van der Waals surface area contributed by atoms with Gasteiger partial charge in [0.15, 0.2) is 0 Å². The van der Waals surface area contributed by atoms with Crippen LogP contribution in [0.1, 0.15) is 29.4 Å². The molecule has 2 rings (SSSR count). The Morgan fingerprint density at radius 1 is 1.40 bits per heavy atom. The highest BCUT2D eigenvalue weighted by molar-refractivity contribution is 7.09. The maximum absolute atomic E-state index is 5.56. The molecule has 0 aliphatic rings. The van der Waals surface area contributed by atoms with Crippen molar-refractivity contribution in [3.8, 4) is 0 Å². The summed E-state index contributed by atoms with van der Waals surface area (Å²) in [5, 5.41) is 5.53. The Morgan fingerprint density at radius 2 is 2.27 bits per heavy atom. The molecule has 0 spiro atoms. The van der Waals surface area contributed by atoms with Gasteiger partial charge in [-0.2, -0.15) is 0 Å². The third-order valence-corrected chi connectivity index (χ3v) is 3.23. The Balaban J connectivity index is 1.90. The summed E-state index contributed by atoms with van der Waals surface area (Å²) < 4.78 is 5.56. The van der Waals surface area contributed by atoms with Gasteiger partial charge >= 0.3 is 0 Å². The number of furan rings is 1. The number of nitrogens with one attached hydrogen (secondary N) is 1. The Kier molecular flexibility index (Phi) is 3.23. The molecule has 2 aromatic heterocycles. The first kappa shape index (κ1) is 10.5. The molecule has 0 amide bonds. The van der Waals surface area contributed by atoms with Gasteiger partial charge in [-0.15, -0.1) is 11.3 Å². The molecule has 0 radical (unpaired) electrons. The second-order valence-corrected chi connectivity index (χ2v) is 4.66. The molecule has 0 unspecified atom stereocenters. The maximum Gasteiger partial charge on any atom is 0.120 e. The van der Waals surface area contributed by atoms with E-state index in [1.54, 1.807) is 11.3 Å². The summed E-state index contributed by atoms with van der Waals surface area (Å²) in [6.07, 6.45) is 0. The van der Waals surface area contributed by atoms with Crippen molar-refractivity contribution in [2.24, 2.45) is 0 Å². The van der Waals surface area contributed by atoms with Crippen LogP contribution in [0.2, 0.25) is 0 Å². The van der Waals surface area contributed by atoms with E-state index >= 15 is 0 Å². The standard InChI is InChI=1S/C12H15NOS/c1-9-5-6-12(14-9)10(2)13-8-11-4-3-7-15-11/h3-7,10,13H,8H2,1-2H3/t10-/m0/s1. The largest absolute Gasteiger partial charge is 0.465 e. The van der Waals surface area contributed by atoms with Crippen molar-refractivity contribution in [1.29, 1.82) is 0 Å². The van der Waals surface area contributed by atoms with Crippen molar-refractivity contribution >= 4 is 11.3 Å². The molecule has 0 aromatic carbocycles. The molecule has 0 aliphatic heterocycles. The molecule has 0 aliphatic carbocycles. The number of hydrogen-bond donors (Lipinski definition) is 1. The molecule has 2 nitrogen and oxygen atoms in total. The first-order valence-electron chi connectivity index (χ1n) is 5.08. The normalized spacial score (nSPS) is 12.9. The summed E-state index contributed by atoms with van der Waals surface area (Å²) in [5.41, 5.74) is 0. The van der Waals surface area contributed by atoms with Gasteiger partial charge in [-0.3, -0.25) is 0 Å². The molecular weight excluding hydrogens is 206 g/mol. The van der Waals surface area contributed by atoms with Crippen molar-refractivity contribution in [1.82, 2.24) is 5.32 Å². The third-order valence-electron chi connectivity index (χ3n) is 2.35. The lowest BCUT2D eigenvalue weighted by atomic mass is 10.2. The van der Waals surface area contributed by atoms with Crippen LogP contribution >= 0.6 is 11.3 Å². The summed E-state index contributed by atoms with van der Waals surface area (Å²) in [6.45, 7) is 4.99. The maximum atomic E-state index is 5.56. The number of hydrogen-bond acceptors (Lipinski definition) is 3. The van der Waals surface area contributed by atoms with Crippen molar-refractivity contribution in [3.05, 3.63) is 46.0 Å². The number of aryl methyl sites for hydroxylation is 1. The van der Waals surface area contributed by atoms with Crippen molar-refractivity contribution in [3.63, 3.8) is 0 Å². The molecule has 80 valence electrons. The van der Waals surface area contributed by atoms with Gasteiger partial charge in [0.25, 0.3) is 0 Å². The van der Waals surface area contributed by atoms with Crippen LogP contribution in [0, 0.1) is 6.92 Å². The van der Waals surface area contributed by atoms with Gasteiger partial charge in [-0.25, -0.2) is 0 Å². The molecule has 15 heavy (non-hydrogen) atoms. The molecular formula is C12H15NOS. The van der Waals surface area contributed by atoms with E-state index in [-0.39, 0.29) is 6.04 Å². The van der Waals surface area contributed by atoms with Gasteiger partial charge in [0.2, 0.25) is 0 Å². The molecule has 0 bridgehead atoms. The Bertz CT molecular complexity index is 405. The zero-order chi connectivity index (χ0) is 10.7. The zero-order valence-electron chi connectivity index (χ0n) is 8.99. The lowest BCUT2D eigenvalue weighted by Crippen LogP contribution is -2.16. The second kappa shape index (κ2) is 4.64. The summed E-state index contributed by atoms with van der Waals surface area (Å²) in [4.78, 5) is 1.35. The monoisotopic (exact) mass is 221 g/mol. The number of rotatable bonds is 4. The minimum Gasteiger partial charge on any atom is -0.465 e. The van der Waals surface area contributed by atoms with Gasteiger partial charge in [0, 0.05) is 11.4 Å². The fraction of sp³-hybridized carbons (Fsp3) is 0.333. The van der Waals surface area contributed by atoms with Gasteiger partial charge in [-0.05, 0) is 37.4 Å². The average Bonchev–Trinajstić information content (AvgIpc) is 2.84. The Hall–Kier alpha value is -1.06. The summed E-state index contributed by atoms with van der Waals surface area (Å²) in [5.74, 6) is 1.97. The molecule has 0 saturated heterocycles. The van der Waals surface area contributed by atoms with Crippen molar-refractivity contribution < 1.29 is 4.42 Å². The highest BCUT2D eigenvalue weighted by Gasteiger charge is 2.08. The van der Waals surface area contributed by atoms with E-state index in [4.69, 9.17) is 4.42 Å². The number of thiophene rings is 1. The van der Waals surface area contributed by atoms with E-state index in [0.717, 1.165) is 18.1 Å². The van der Waals surface area contributed by atoms with Crippen molar-refractivity contribution in [2.75, 3.05) is 0 Å². The lowest BCUT2D eigenvalue weighted by molar-refractivity contribution is 0.416. The lowest BCUT2D eigenvalue weighted by Gasteiger charge is -2.09. The zero-order valence-corrected chi connectivity index (χ0v) is 9.80. The SMILES string of the molecule is Cc1ccc([C@H](C)NCc2cccs2)o1. The Labute approximate surface area is 93.9 Å². The smallest absolute Gasteiger partial charge is 0.120 e. The molecule has 2 aromatic rings. The molecule has 3 heteroatoms. The topological polar surface area (TPSA) is 25.2 Å². The fourth-order valence-electron chi connectivity index (χ4n) is 1.45. The van der Waals surface area contributed by atoms with Crippen LogP contribution in [-0.4, -0.2) is 0 Å². The highest BCUT2D eigenvalue weighted by Crippen LogP contribution is 2.17. The van der Waals surface area contributed by atoms with Gasteiger partial charge in [-0.1, -0.05) is 6.07 Å². The quantitative estimate of drug-likeness (QED) is 0.854. The van der Waals surface area contributed by atoms with E-state index in [9.17, 15) is 0 Å². The first-order valence-corrected chi connectivity index (χ1v) is 5.96. The van der Waals surface area contributed by atoms with Gasteiger partial charge in [0.05, 0.1) is 6.04 Å². The molecule has 1 N–H and O–H groups in total. The molecule has 0 saturated carbocycles. The summed E-state index contributed by atoms with van der Waals surface area (Å²) in [6, 6.07) is 8.50. The van der Waals surface area contributed by atoms with E-state index in [1.807, 2.05) is 19.1 Å². The summed E-state index contributed by atoms with van der Waals surface area (Å²) >= 11 is 1.77. The summed E-state index contributed by atoms with van der Waals surface area (Å²) in [7, 11) is 0. The Morgan fingerprint density at radius 3 is 2.87 bits per heavy atom. The van der Waals surface area contributed by atoms with E-state index < -0.39 is 0 Å². The highest BCUT2D eigenvalue weighted by atomic mass is 32.1. The van der Waals surface area contributed by atoms with Crippen LogP contribution in [0.3, 0.4) is 0 Å². The van der Waals surface area contributed by atoms with Crippen LogP contribution < -0.4 is 5.32 Å². The van der Waals surface area contributed by atoms with E-state index in [2.05, 4.69) is 29.8 Å². The molecule has 2 heterocycles. The fourth-order valence-corrected chi connectivity index (χ4v) is 2.11. The third kappa shape index (κ3) is 2.70. The van der Waals surface area contributed by atoms with Gasteiger partial charge < -0.3 is 9.73 Å². The van der Waals surface area contributed by atoms with Gasteiger partial charge in [0.1, 0.15) is 11.5 Å². The van der Waals surface area contributed by atoms with Crippen LogP contribution in [-0.2, 0) is 6.54 Å². The van der Waals surface area contributed by atoms with E-state index in [1.165, 1.54) is 4.88 Å². The predicted molar refractivity (Wildman–Crippen MR) is 63.0 cm³/mol. The second-order valence-electron chi connectivity index (χ2n) is 3.63. The first-order chi connectivity index (χ1) is 7.25. The van der Waals surface area contributed by atoms with Crippen LogP contribution in [0.4, 0.5) is 0 Å². The van der Waals surface area contributed by atoms with E-state index in [0.29, 0.717) is 0 Å². The van der Waals surface area contributed by atoms with Crippen LogP contribution in [0.15, 0.2) is 34.1 Å². The minimum absolute atomic E-state index is 0.265. The van der Waals surface area contributed by atoms with Crippen molar-refractivity contribution in [2.45, 2.75) is 26.4 Å². The molecule has 0 fully saturated rings. The molecule has 1 atom stereocenters. The van der Waals surface area contributed by atoms with Crippen LogP contribution in [0.25, 0.3) is 0 Å². The predicted octanol–water partition coefficient (Wildman–Crippen LogP) is 3.50. The average molecular weight is 221 g/mol. The van der Waals surface area contributed by atoms with Crippen LogP contribution in [0.5, 0.6) is 0 Å².